The number of rotatable bonds is 3. The topological polar surface area (TPSA) is 74.2 Å². The maximum atomic E-state index is 12.8. The average molecular weight is 334 g/mol. The third kappa shape index (κ3) is 2.71. The molecule has 0 aliphatic carbocycles. The zero-order valence-corrected chi connectivity index (χ0v) is 14.3. The van der Waals surface area contributed by atoms with Crippen molar-refractivity contribution in [3.8, 4) is 0 Å². The Bertz CT molecular complexity index is 944. The second kappa shape index (κ2) is 6.16. The lowest BCUT2D eigenvalue weighted by molar-refractivity contribution is 0.102. The molecule has 0 unspecified atom stereocenters. The molecule has 0 fully saturated rings. The standard InChI is InChI=1S/C20H22N4O/c1-2-24-11-5-10-17-19(24)15-8-4-9-16(18(15)23-17)20(25)22-14-7-3-6-13(21)12-14/h3-4,6-9,12,23H,2,5,10-11,21H2,1H3,(H,22,25). The Balaban J connectivity index is 1.75. The van der Waals surface area contributed by atoms with Crippen molar-refractivity contribution in [2.45, 2.75) is 19.8 Å². The molecule has 3 aromatic rings. The molecule has 1 amide bonds. The molecule has 0 spiro atoms. The van der Waals surface area contributed by atoms with Crippen molar-refractivity contribution in [1.29, 1.82) is 0 Å². The molecule has 2 aromatic carbocycles. The number of hydrogen-bond donors (Lipinski definition) is 3. The van der Waals surface area contributed by atoms with E-state index in [1.807, 2.05) is 24.3 Å². The van der Waals surface area contributed by atoms with Gasteiger partial charge in [0.1, 0.15) is 0 Å². The number of anilines is 3. The number of hydrogen-bond acceptors (Lipinski definition) is 3. The number of benzene rings is 2. The first-order valence-electron chi connectivity index (χ1n) is 8.72. The van der Waals surface area contributed by atoms with E-state index in [0.29, 0.717) is 16.9 Å². The van der Waals surface area contributed by atoms with Crippen LogP contribution in [0.4, 0.5) is 17.1 Å². The highest BCUT2D eigenvalue weighted by Gasteiger charge is 2.23. The van der Waals surface area contributed by atoms with Crippen LogP contribution in [0.15, 0.2) is 42.5 Å². The van der Waals surface area contributed by atoms with Crippen LogP contribution in [0.1, 0.15) is 29.4 Å². The van der Waals surface area contributed by atoms with Gasteiger partial charge in [-0.25, -0.2) is 0 Å². The van der Waals surface area contributed by atoms with Crippen LogP contribution in [0, 0.1) is 0 Å². The smallest absolute Gasteiger partial charge is 0.257 e. The molecule has 4 N–H and O–H groups in total. The minimum atomic E-state index is -0.127. The van der Waals surface area contributed by atoms with E-state index < -0.39 is 0 Å². The molecule has 5 heteroatoms. The zero-order valence-electron chi connectivity index (χ0n) is 14.3. The molecule has 128 valence electrons. The van der Waals surface area contributed by atoms with Gasteiger partial charge >= 0.3 is 0 Å². The molecule has 1 aromatic heterocycles. The van der Waals surface area contributed by atoms with Gasteiger partial charge in [-0.2, -0.15) is 0 Å². The Morgan fingerprint density at radius 1 is 1.28 bits per heavy atom. The van der Waals surface area contributed by atoms with Crippen LogP contribution < -0.4 is 16.0 Å². The summed E-state index contributed by atoms with van der Waals surface area (Å²) in [5.74, 6) is -0.127. The average Bonchev–Trinajstić information content (AvgIpc) is 3.00. The van der Waals surface area contributed by atoms with Crippen LogP contribution in [0.5, 0.6) is 0 Å². The number of carbonyl (C=O) groups excluding carboxylic acids is 1. The van der Waals surface area contributed by atoms with Crippen LogP contribution in [-0.2, 0) is 6.42 Å². The van der Waals surface area contributed by atoms with Crippen molar-refractivity contribution >= 4 is 33.9 Å². The fourth-order valence-electron chi connectivity index (χ4n) is 3.68. The summed E-state index contributed by atoms with van der Waals surface area (Å²) in [7, 11) is 0. The highest BCUT2D eigenvalue weighted by atomic mass is 16.1. The van der Waals surface area contributed by atoms with Crippen molar-refractivity contribution in [3.05, 3.63) is 53.7 Å². The number of aryl methyl sites for hydroxylation is 1. The number of fused-ring (bicyclic) bond motifs is 3. The predicted octanol–water partition coefficient (Wildman–Crippen LogP) is 3.77. The molecule has 0 bridgehead atoms. The molecule has 0 saturated heterocycles. The van der Waals surface area contributed by atoms with Gasteiger partial charge in [0.2, 0.25) is 0 Å². The third-order valence-corrected chi connectivity index (χ3v) is 4.82. The molecule has 2 heterocycles. The van der Waals surface area contributed by atoms with Crippen molar-refractivity contribution in [3.63, 3.8) is 0 Å². The second-order valence-electron chi connectivity index (χ2n) is 6.44. The van der Waals surface area contributed by atoms with Gasteiger partial charge in [0.05, 0.1) is 16.8 Å². The van der Waals surface area contributed by atoms with E-state index in [-0.39, 0.29) is 5.91 Å². The zero-order chi connectivity index (χ0) is 17.4. The number of nitrogens with zero attached hydrogens (tertiary/aromatic N) is 1. The highest BCUT2D eigenvalue weighted by Crippen LogP contribution is 2.36. The number of nitrogen functional groups attached to an aromatic ring is 1. The van der Waals surface area contributed by atoms with Gasteiger partial charge in [0.25, 0.3) is 5.91 Å². The second-order valence-corrected chi connectivity index (χ2v) is 6.44. The summed E-state index contributed by atoms with van der Waals surface area (Å²) in [5, 5.41) is 4.07. The largest absolute Gasteiger partial charge is 0.399 e. The van der Waals surface area contributed by atoms with Crippen LogP contribution >= 0.6 is 0 Å². The van der Waals surface area contributed by atoms with E-state index in [1.165, 1.54) is 11.4 Å². The van der Waals surface area contributed by atoms with E-state index in [0.717, 1.165) is 36.8 Å². The van der Waals surface area contributed by atoms with Gasteiger partial charge in [-0.05, 0) is 44.0 Å². The summed E-state index contributed by atoms with van der Waals surface area (Å²) in [6, 6.07) is 13.1. The lowest BCUT2D eigenvalue weighted by Gasteiger charge is -2.28. The third-order valence-electron chi connectivity index (χ3n) is 4.82. The number of amides is 1. The summed E-state index contributed by atoms with van der Waals surface area (Å²) >= 11 is 0. The maximum absolute atomic E-state index is 12.8. The fourth-order valence-corrected chi connectivity index (χ4v) is 3.68. The number of para-hydroxylation sites is 1. The van der Waals surface area contributed by atoms with Crippen LogP contribution in [0.2, 0.25) is 0 Å². The van der Waals surface area contributed by atoms with Crippen molar-refractivity contribution in [2.24, 2.45) is 0 Å². The SMILES string of the molecule is CCN1CCCc2[nH]c3c(C(=O)Nc4cccc(N)c4)cccc3c21. The minimum absolute atomic E-state index is 0.127. The predicted molar refractivity (Wildman–Crippen MR) is 103 cm³/mol. The Morgan fingerprint density at radius 2 is 2.12 bits per heavy atom. The number of H-pyrrole nitrogens is 1. The summed E-state index contributed by atoms with van der Waals surface area (Å²) in [6.07, 6.45) is 2.16. The molecular weight excluding hydrogens is 312 g/mol. The molecule has 1 aliphatic heterocycles. The first-order chi connectivity index (χ1) is 12.2. The van der Waals surface area contributed by atoms with Gasteiger partial charge in [0.15, 0.2) is 0 Å². The number of aromatic amines is 1. The first-order valence-corrected chi connectivity index (χ1v) is 8.72. The van der Waals surface area contributed by atoms with Crippen molar-refractivity contribution < 1.29 is 4.79 Å². The van der Waals surface area contributed by atoms with E-state index in [9.17, 15) is 4.79 Å². The number of nitrogens with two attached hydrogens (primary N) is 1. The summed E-state index contributed by atoms with van der Waals surface area (Å²) in [5.41, 5.74) is 11.2. The molecule has 0 saturated carbocycles. The van der Waals surface area contributed by atoms with E-state index in [1.54, 1.807) is 12.1 Å². The van der Waals surface area contributed by atoms with Gasteiger partial charge in [-0.1, -0.05) is 18.2 Å². The molecule has 0 radical (unpaired) electrons. The van der Waals surface area contributed by atoms with Gasteiger partial charge in [-0.15, -0.1) is 0 Å². The first kappa shape index (κ1) is 15.6. The molecule has 4 rings (SSSR count). The Labute approximate surface area is 146 Å². The normalized spacial score (nSPS) is 13.7. The van der Waals surface area contributed by atoms with Crippen molar-refractivity contribution in [2.75, 3.05) is 29.0 Å². The maximum Gasteiger partial charge on any atom is 0.257 e. The molecule has 5 nitrogen and oxygen atoms in total. The molecule has 0 atom stereocenters. The molecular formula is C20H22N4O. The lowest BCUT2D eigenvalue weighted by Crippen LogP contribution is -2.28. The summed E-state index contributed by atoms with van der Waals surface area (Å²) < 4.78 is 0. The van der Waals surface area contributed by atoms with Gasteiger partial charge in [0, 0.05) is 35.5 Å². The number of carbonyl (C=O) groups is 1. The summed E-state index contributed by atoms with van der Waals surface area (Å²) in [6.45, 7) is 4.21. The van der Waals surface area contributed by atoms with E-state index >= 15 is 0 Å². The quantitative estimate of drug-likeness (QED) is 0.638. The van der Waals surface area contributed by atoms with E-state index in [2.05, 4.69) is 28.2 Å². The minimum Gasteiger partial charge on any atom is -0.399 e. The fraction of sp³-hybridized carbons (Fsp3) is 0.250. The monoisotopic (exact) mass is 334 g/mol. The Morgan fingerprint density at radius 3 is 2.92 bits per heavy atom. The van der Waals surface area contributed by atoms with Crippen molar-refractivity contribution in [1.82, 2.24) is 4.98 Å². The lowest BCUT2D eigenvalue weighted by atomic mass is 10.1. The van der Waals surface area contributed by atoms with E-state index in [4.69, 9.17) is 5.73 Å². The molecule has 25 heavy (non-hydrogen) atoms. The Kier molecular flexibility index (Phi) is 3.84. The van der Waals surface area contributed by atoms with Crippen LogP contribution in [0.3, 0.4) is 0 Å². The highest BCUT2D eigenvalue weighted by molar-refractivity contribution is 6.14. The molecule has 1 aliphatic rings. The van der Waals surface area contributed by atoms with Crippen LogP contribution in [0.25, 0.3) is 10.9 Å². The number of nitrogens with one attached hydrogen (secondary N) is 2. The number of aromatic nitrogens is 1. The summed E-state index contributed by atoms with van der Waals surface area (Å²) in [4.78, 5) is 18.7. The van der Waals surface area contributed by atoms with Gasteiger partial charge in [-0.3, -0.25) is 4.79 Å². The van der Waals surface area contributed by atoms with Crippen LogP contribution in [-0.4, -0.2) is 24.0 Å². The van der Waals surface area contributed by atoms with Gasteiger partial charge < -0.3 is 20.9 Å². The Hall–Kier alpha value is -2.95.